The Hall–Kier alpha value is -1.45. The normalized spacial score (nSPS) is 18.3. The van der Waals surface area contributed by atoms with Crippen LogP contribution in [0.3, 0.4) is 0 Å². The number of piperazine rings is 1. The highest BCUT2D eigenvalue weighted by atomic mass is 127. The Kier molecular flexibility index (Phi) is 5.90. The third-order valence-electron chi connectivity index (χ3n) is 3.78. The summed E-state index contributed by atoms with van der Waals surface area (Å²) in [7, 11) is 0. The van der Waals surface area contributed by atoms with Crippen molar-refractivity contribution in [3.05, 3.63) is 32.9 Å². The second kappa shape index (κ2) is 7.43. The molecule has 0 spiro atoms. The van der Waals surface area contributed by atoms with Crippen molar-refractivity contribution in [1.29, 1.82) is 0 Å². The summed E-state index contributed by atoms with van der Waals surface area (Å²) in [5.41, 5.74) is -0.763. The minimum atomic E-state index is -0.884. The summed E-state index contributed by atoms with van der Waals surface area (Å²) in [6, 6.07) is 1.66. The van der Waals surface area contributed by atoms with E-state index >= 15 is 0 Å². The van der Waals surface area contributed by atoms with Crippen LogP contribution in [0.15, 0.2) is 12.1 Å². The van der Waals surface area contributed by atoms with Gasteiger partial charge in [0, 0.05) is 35.3 Å². The molecule has 0 radical (unpaired) electrons. The highest BCUT2D eigenvalue weighted by molar-refractivity contribution is 14.1. The average Bonchev–Trinajstić information content (AvgIpc) is 2.48. The lowest BCUT2D eigenvalue weighted by Crippen LogP contribution is -2.56. The first-order chi connectivity index (χ1) is 11.5. The molecule has 0 saturated carbocycles. The summed E-state index contributed by atoms with van der Waals surface area (Å²) in [6.07, 6.45) is -0.436. The van der Waals surface area contributed by atoms with E-state index < -0.39 is 29.2 Å². The molecule has 1 aliphatic rings. The largest absolute Gasteiger partial charge is 0.444 e. The Morgan fingerprint density at radius 3 is 2.40 bits per heavy atom. The third kappa shape index (κ3) is 4.80. The van der Waals surface area contributed by atoms with Crippen molar-refractivity contribution in [2.75, 3.05) is 19.6 Å². The van der Waals surface area contributed by atoms with Gasteiger partial charge in [-0.05, 0) is 56.4 Å². The van der Waals surface area contributed by atoms with Crippen LogP contribution in [0.2, 0.25) is 0 Å². The standard InChI is InChI=1S/C17H21F2IN2O3/c1-10-9-21(5-6-22(10)16(24)25-17(2,3)4)15(23)11-7-14(20)13(19)8-12(11)18/h7-8,10H,5-6,9H2,1-4H3. The van der Waals surface area contributed by atoms with Crippen LogP contribution in [0.1, 0.15) is 38.1 Å². The number of hydrogen-bond donors (Lipinski definition) is 0. The monoisotopic (exact) mass is 466 g/mol. The smallest absolute Gasteiger partial charge is 0.410 e. The number of benzene rings is 1. The Bertz CT molecular complexity index is 691. The summed E-state index contributed by atoms with van der Waals surface area (Å²) in [5.74, 6) is -2.09. The molecule has 1 aromatic carbocycles. The van der Waals surface area contributed by atoms with Gasteiger partial charge in [-0.25, -0.2) is 13.6 Å². The molecule has 2 amide bonds. The number of hydrogen-bond acceptors (Lipinski definition) is 3. The second-order valence-corrected chi connectivity index (χ2v) is 8.18. The molecule has 0 N–H and O–H groups in total. The van der Waals surface area contributed by atoms with Crippen molar-refractivity contribution in [3.8, 4) is 0 Å². The van der Waals surface area contributed by atoms with Crippen molar-refractivity contribution in [2.45, 2.75) is 39.3 Å². The zero-order valence-electron chi connectivity index (χ0n) is 14.6. The summed E-state index contributed by atoms with van der Waals surface area (Å²) in [6.45, 7) is 7.97. The van der Waals surface area contributed by atoms with Crippen LogP contribution in [0.4, 0.5) is 13.6 Å². The Morgan fingerprint density at radius 2 is 1.84 bits per heavy atom. The molecule has 138 valence electrons. The molecule has 5 nitrogen and oxygen atoms in total. The van der Waals surface area contributed by atoms with Gasteiger partial charge in [0.2, 0.25) is 0 Å². The van der Waals surface area contributed by atoms with E-state index in [-0.39, 0.29) is 28.3 Å². The summed E-state index contributed by atoms with van der Waals surface area (Å²) >= 11 is 1.72. The zero-order chi connectivity index (χ0) is 18.9. The fourth-order valence-electron chi connectivity index (χ4n) is 2.59. The number of nitrogens with zero attached hydrogens (tertiary/aromatic N) is 2. The van der Waals surface area contributed by atoms with Crippen molar-refractivity contribution >= 4 is 34.6 Å². The quantitative estimate of drug-likeness (QED) is 0.469. The fraction of sp³-hybridized carbons (Fsp3) is 0.529. The second-order valence-electron chi connectivity index (χ2n) is 7.02. The molecule has 1 aliphatic heterocycles. The number of ether oxygens (including phenoxy) is 1. The number of carbonyl (C=O) groups is 2. The molecule has 2 rings (SSSR count). The number of halogens is 3. The van der Waals surface area contributed by atoms with Gasteiger partial charge in [-0.1, -0.05) is 0 Å². The predicted molar refractivity (Wildman–Crippen MR) is 97.4 cm³/mol. The van der Waals surface area contributed by atoms with E-state index in [1.165, 1.54) is 11.0 Å². The van der Waals surface area contributed by atoms with Gasteiger partial charge in [0.25, 0.3) is 5.91 Å². The lowest BCUT2D eigenvalue weighted by Gasteiger charge is -2.40. The predicted octanol–water partition coefficient (Wildman–Crippen LogP) is 3.65. The maximum atomic E-state index is 13.9. The van der Waals surface area contributed by atoms with E-state index in [1.54, 1.807) is 55.2 Å². The van der Waals surface area contributed by atoms with Crippen LogP contribution in [0, 0.1) is 15.2 Å². The van der Waals surface area contributed by atoms with Crippen LogP contribution >= 0.6 is 22.6 Å². The van der Waals surface area contributed by atoms with Gasteiger partial charge in [-0.2, -0.15) is 0 Å². The van der Waals surface area contributed by atoms with Gasteiger partial charge >= 0.3 is 6.09 Å². The van der Waals surface area contributed by atoms with Gasteiger partial charge in [-0.3, -0.25) is 4.79 Å². The summed E-state index contributed by atoms with van der Waals surface area (Å²) in [5, 5.41) is 0. The van der Waals surface area contributed by atoms with E-state index in [9.17, 15) is 18.4 Å². The highest BCUT2D eigenvalue weighted by Crippen LogP contribution is 2.21. The SMILES string of the molecule is CC1CN(C(=O)c2cc(I)c(F)cc2F)CCN1C(=O)OC(C)(C)C. The molecule has 1 aromatic rings. The van der Waals surface area contributed by atoms with E-state index in [4.69, 9.17) is 4.74 Å². The van der Waals surface area contributed by atoms with Crippen molar-refractivity contribution in [1.82, 2.24) is 9.80 Å². The summed E-state index contributed by atoms with van der Waals surface area (Å²) < 4.78 is 32.9. The van der Waals surface area contributed by atoms with Gasteiger partial charge in [0.05, 0.1) is 5.56 Å². The molecular formula is C17H21F2IN2O3. The molecule has 1 unspecified atom stereocenters. The topological polar surface area (TPSA) is 49.9 Å². The molecule has 1 fully saturated rings. The van der Waals surface area contributed by atoms with Crippen molar-refractivity contribution in [2.24, 2.45) is 0 Å². The van der Waals surface area contributed by atoms with E-state index in [2.05, 4.69) is 0 Å². The van der Waals surface area contributed by atoms with E-state index in [1.807, 2.05) is 0 Å². The number of rotatable bonds is 1. The number of amides is 2. The minimum absolute atomic E-state index is 0.163. The molecule has 0 aliphatic carbocycles. The first-order valence-corrected chi connectivity index (χ1v) is 9.01. The van der Waals surface area contributed by atoms with Gasteiger partial charge in [-0.15, -0.1) is 0 Å². The maximum Gasteiger partial charge on any atom is 0.410 e. The zero-order valence-corrected chi connectivity index (χ0v) is 16.8. The molecule has 1 atom stereocenters. The first kappa shape index (κ1) is 19.9. The van der Waals surface area contributed by atoms with E-state index in [0.29, 0.717) is 6.54 Å². The molecule has 0 bridgehead atoms. The van der Waals surface area contributed by atoms with Gasteiger partial charge in [0.15, 0.2) is 0 Å². The number of carbonyl (C=O) groups excluding carboxylic acids is 2. The molecular weight excluding hydrogens is 445 g/mol. The van der Waals surface area contributed by atoms with Crippen LogP contribution in [-0.2, 0) is 4.74 Å². The van der Waals surface area contributed by atoms with Crippen molar-refractivity contribution < 1.29 is 23.1 Å². The molecule has 1 heterocycles. The Morgan fingerprint density at radius 1 is 1.20 bits per heavy atom. The van der Waals surface area contributed by atoms with E-state index in [0.717, 1.165) is 6.07 Å². The Labute approximate surface area is 159 Å². The lowest BCUT2D eigenvalue weighted by atomic mass is 10.1. The minimum Gasteiger partial charge on any atom is -0.444 e. The summed E-state index contributed by atoms with van der Waals surface area (Å²) in [4.78, 5) is 27.8. The van der Waals surface area contributed by atoms with Crippen LogP contribution in [0.5, 0.6) is 0 Å². The van der Waals surface area contributed by atoms with Crippen LogP contribution in [-0.4, -0.2) is 53.1 Å². The molecule has 0 aromatic heterocycles. The average molecular weight is 466 g/mol. The molecule has 1 saturated heterocycles. The fourth-order valence-corrected chi connectivity index (χ4v) is 3.06. The van der Waals surface area contributed by atoms with Crippen molar-refractivity contribution in [3.63, 3.8) is 0 Å². The van der Waals surface area contributed by atoms with Gasteiger partial charge in [0.1, 0.15) is 17.2 Å². The maximum absolute atomic E-state index is 13.9. The highest BCUT2D eigenvalue weighted by Gasteiger charge is 2.33. The lowest BCUT2D eigenvalue weighted by molar-refractivity contribution is 0.00190. The molecule has 8 heteroatoms. The van der Waals surface area contributed by atoms with Crippen LogP contribution < -0.4 is 0 Å². The Balaban J connectivity index is 2.09. The molecule has 25 heavy (non-hydrogen) atoms. The van der Waals surface area contributed by atoms with Gasteiger partial charge < -0.3 is 14.5 Å². The first-order valence-electron chi connectivity index (χ1n) is 7.93. The van der Waals surface area contributed by atoms with Crippen LogP contribution in [0.25, 0.3) is 0 Å². The third-order valence-corrected chi connectivity index (χ3v) is 4.61.